The predicted octanol–water partition coefficient (Wildman–Crippen LogP) is -2.28. The summed E-state index contributed by atoms with van der Waals surface area (Å²) in [5, 5.41) is 110. The first-order valence-electron chi connectivity index (χ1n) is 34.9. The summed E-state index contributed by atoms with van der Waals surface area (Å²) in [7, 11) is -2.98. The third kappa shape index (κ3) is 34.6. The Labute approximate surface area is 583 Å². The summed E-state index contributed by atoms with van der Waals surface area (Å²) >= 11 is 0. The highest BCUT2D eigenvalue weighted by molar-refractivity contribution is 7.47. The van der Waals surface area contributed by atoms with Gasteiger partial charge in [0.15, 0.2) is 24.7 Å². The molecule has 100 heavy (non-hydrogen) atoms. The third-order valence-corrected chi connectivity index (χ3v) is 18.0. The number of phosphoric ester groups is 1. The molecule has 3 aliphatic rings. The molecule has 17 N–H and O–H groups in total. The van der Waals surface area contributed by atoms with Crippen LogP contribution in [0.25, 0.3) is 0 Å². The van der Waals surface area contributed by atoms with E-state index in [1.54, 1.807) is 0 Å². The SMILES string of the molecule is COP(=O)(O)OCCCCCCNC(=O)CCCCC(=O)[C@H](CCCCNC(=O)CCCCO[C@@H]1O[C@H](CO)[C@H](O)[C@H](O)[C@H]1NC(C)=O)NC(=O)[C@H](CCCCCC(=O)CCCCO[C@@H]1O[C@H](CO)[C@H](O)[C@H](O)[C@H]1NC(C)=O)NC(=O)CCCCO[C@@H]1O[C@H](CO)[C@H](O)[C@H](O)[C@H]1NC(C)=O. The summed E-state index contributed by atoms with van der Waals surface area (Å²) in [4.78, 5) is 126. The van der Waals surface area contributed by atoms with Gasteiger partial charge in [-0.05, 0) is 96.3 Å². The molecule has 1 unspecified atom stereocenters. The molecule has 0 aliphatic carbocycles. The first-order chi connectivity index (χ1) is 47.7. The normalized spacial score (nSPS) is 26.4. The Morgan fingerprint density at radius 1 is 0.420 bits per heavy atom. The minimum absolute atomic E-state index is 0.0120. The van der Waals surface area contributed by atoms with Crippen LogP contribution in [0.2, 0.25) is 0 Å². The Hall–Kier alpha value is -4.86. The number of ketones is 2. The maximum Gasteiger partial charge on any atom is 0.471 e. The maximum absolute atomic E-state index is 14.4. The van der Waals surface area contributed by atoms with Crippen molar-refractivity contribution in [2.45, 2.75) is 285 Å². The number of carbonyl (C=O) groups is 9. The second kappa shape index (κ2) is 49.7. The van der Waals surface area contributed by atoms with Gasteiger partial charge in [0, 0.05) is 99.3 Å². The van der Waals surface area contributed by atoms with Crippen molar-refractivity contribution < 1.29 is 136 Å². The maximum atomic E-state index is 14.4. The summed E-state index contributed by atoms with van der Waals surface area (Å²) < 4.78 is 54.7. The number of nitrogens with one attached hydrogen (secondary N) is 7. The fraction of sp³-hybridized carbons (Fsp3) is 0.859. The number of aliphatic hydroxyl groups excluding tert-OH is 9. The molecule has 0 aromatic carbocycles. The van der Waals surface area contributed by atoms with Crippen LogP contribution in [0.3, 0.4) is 0 Å². The standard InChI is InChI=1S/C64H114N7O28P/c1-39(75)67-52-58(86)55(83)46(36-72)97-62(52)93-32-19-13-23-42(78)22-8-7-9-25-44(70-51(82)29-15-21-34-95-64-54(69-41(3)77)60(88)57(85)48(38-74)99-64)61(89)71-43(45(79)26-10-11-27-49(80)65-30-16-5-6-18-35-96-100(90,91)92-4)24-12-17-31-66-50(81)28-14-20-33-94-63-53(68-40(2)76)59(87)56(84)47(37-73)98-63/h43-44,46-48,52-60,62-64,72-74,83-88H,5-38H2,1-4H3,(H,65,80)(H,66,81)(H,67,75)(H,68,76)(H,69,77)(H,70,82)(H,71,89)(H,90,91)/t43-,44-,46+,47+,48+,52+,53+,54+,55-,56-,57-,58+,59+,60+,62+,63+,64+/m0/s1. The highest BCUT2D eigenvalue weighted by Crippen LogP contribution is 2.42. The zero-order valence-corrected chi connectivity index (χ0v) is 59.0. The van der Waals surface area contributed by atoms with Gasteiger partial charge in [0.25, 0.3) is 0 Å². The van der Waals surface area contributed by atoms with Gasteiger partial charge in [-0.15, -0.1) is 0 Å². The minimum Gasteiger partial charge on any atom is -0.394 e. The molecule has 3 aliphatic heterocycles. The molecule has 3 rings (SSSR count). The van der Waals surface area contributed by atoms with Crippen molar-refractivity contribution in [3.8, 4) is 0 Å². The number of aliphatic hydroxyl groups is 9. The number of Topliss-reactive ketones (excluding diaryl/α,β-unsaturated/α-hetero) is 2. The van der Waals surface area contributed by atoms with E-state index in [9.17, 15) is 98.6 Å². The van der Waals surface area contributed by atoms with Gasteiger partial charge in [0.05, 0.1) is 32.5 Å². The third-order valence-electron chi connectivity index (χ3n) is 17.0. The average molecular weight is 1460 g/mol. The fourth-order valence-corrected chi connectivity index (χ4v) is 11.9. The number of unbranched alkanes of at least 4 members (excludes halogenated alkanes) is 10. The van der Waals surface area contributed by atoms with Crippen LogP contribution in [0.1, 0.15) is 181 Å². The van der Waals surface area contributed by atoms with E-state index >= 15 is 0 Å². The van der Waals surface area contributed by atoms with Gasteiger partial charge in [-0.3, -0.25) is 52.2 Å². The average Bonchev–Trinajstić information content (AvgIpc) is 0.824. The van der Waals surface area contributed by atoms with Crippen LogP contribution in [0.4, 0.5) is 0 Å². The largest absolute Gasteiger partial charge is 0.471 e. The first kappa shape index (κ1) is 89.4. The summed E-state index contributed by atoms with van der Waals surface area (Å²) in [6.45, 7) is 2.49. The van der Waals surface area contributed by atoms with Crippen molar-refractivity contribution in [1.82, 2.24) is 37.2 Å². The monoisotopic (exact) mass is 1460 g/mol. The lowest BCUT2D eigenvalue weighted by Gasteiger charge is -2.42. The summed E-state index contributed by atoms with van der Waals surface area (Å²) in [5.41, 5.74) is 0. The zero-order chi connectivity index (χ0) is 74.2. The number of hydrogen-bond donors (Lipinski definition) is 17. The summed E-state index contributed by atoms with van der Waals surface area (Å²) in [6, 6.07) is -5.60. The Morgan fingerprint density at radius 3 is 1.20 bits per heavy atom. The number of hydrogen-bond acceptors (Lipinski definition) is 27. The van der Waals surface area contributed by atoms with Gasteiger partial charge in [-0.2, -0.15) is 0 Å². The number of amides is 7. The van der Waals surface area contributed by atoms with Crippen LogP contribution in [0, 0.1) is 0 Å². The molecule has 3 saturated heterocycles. The quantitative estimate of drug-likeness (QED) is 0.0225. The van der Waals surface area contributed by atoms with E-state index in [1.165, 1.54) is 20.8 Å². The van der Waals surface area contributed by atoms with E-state index in [0.29, 0.717) is 96.4 Å². The molecule has 3 heterocycles. The van der Waals surface area contributed by atoms with Crippen molar-refractivity contribution in [3.05, 3.63) is 0 Å². The van der Waals surface area contributed by atoms with Crippen LogP contribution in [-0.4, -0.2) is 274 Å². The molecular weight excluding hydrogens is 1350 g/mol. The molecular formula is C64H114N7O28P. The van der Waals surface area contributed by atoms with Crippen LogP contribution in [-0.2, 0) is 85.2 Å². The van der Waals surface area contributed by atoms with E-state index in [0.717, 1.165) is 13.5 Å². The number of rotatable bonds is 53. The molecule has 0 spiro atoms. The van der Waals surface area contributed by atoms with E-state index in [-0.39, 0.29) is 121 Å². The van der Waals surface area contributed by atoms with Crippen LogP contribution >= 0.6 is 7.82 Å². The lowest BCUT2D eigenvalue weighted by molar-refractivity contribution is -0.270. The fourth-order valence-electron chi connectivity index (χ4n) is 11.4. The molecule has 18 atom stereocenters. The summed E-state index contributed by atoms with van der Waals surface area (Å²) in [5.74, 6) is -3.61. The molecule has 3 fully saturated rings. The van der Waals surface area contributed by atoms with Gasteiger partial charge in [0.1, 0.15) is 84.9 Å². The highest BCUT2D eigenvalue weighted by atomic mass is 31.2. The van der Waals surface area contributed by atoms with Crippen LogP contribution < -0.4 is 37.2 Å². The van der Waals surface area contributed by atoms with E-state index in [2.05, 4.69) is 41.7 Å². The first-order valence-corrected chi connectivity index (χ1v) is 36.4. The smallest absolute Gasteiger partial charge is 0.394 e. The van der Waals surface area contributed by atoms with Gasteiger partial charge >= 0.3 is 7.82 Å². The summed E-state index contributed by atoms with van der Waals surface area (Å²) in [6.07, 6.45) is -8.09. The highest BCUT2D eigenvalue weighted by Gasteiger charge is 2.48. The van der Waals surface area contributed by atoms with E-state index in [4.69, 9.17) is 32.9 Å². The molecule has 0 bridgehead atoms. The van der Waals surface area contributed by atoms with Gasteiger partial charge in [-0.1, -0.05) is 25.7 Å². The lowest BCUT2D eigenvalue weighted by Crippen LogP contribution is -2.64. The number of ether oxygens (including phenoxy) is 6. The van der Waals surface area contributed by atoms with E-state index < -0.39 is 161 Å². The second-order valence-corrected chi connectivity index (χ2v) is 26.9. The Morgan fingerprint density at radius 2 is 0.770 bits per heavy atom. The zero-order valence-electron chi connectivity index (χ0n) is 58.1. The second-order valence-electron chi connectivity index (χ2n) is 25.4. The van der Waals surface area contributed by atoms with Crippen LogP contribution in [0.5, 0.6) is 0 Å². The lowest BCUT2D eigenvalue weighted by atomic mass is 9.97. The van der Waals surface area contributed by atoms with Crippen molar-refractivity contribution in [2.24, 2.45) is 0 Å². The molecule has 35 nitrogen and oxygen atoms in total. The van der Waals surface area contributed by atoms with Gasteiger partial charge in [-0.25, -0.2) is 4.57 Å². The van der Waals surface area contributed by atoms with Gasteiger partial charge in [0.2, 0.25) is 41.4 Å². The van der Waals surface area contributed by atoms with Crippen molar-refractivity contribution >= 4 is 60.7 Å². The molecule has 0 saturated carbocycles. The Kier molecular flexibility index (Phi) is 44.4. The molecule has 36 heteroatoms. The molecule has 0 radical (unpaired) electrons. The van der Waals surface area contributed by atoms with Gasteiger partial charge < -0.3 is 116 Å². The van der Waals surface area contributed by atoms with Crippen molar-refractivity contribution in [2.75, 3.05) is 66.4 Å². The van der Waals surface area contributed by atoms with Crippen molar-refractivity contribution in [1.29, 1.82) is 0 Å². The number of carbonyl (C=O) groups excluding carboxylic acids is 9. The number of phosphoric acid groups is 1. The topological polar surface area (TPSA) is 531 Å². The molecule has 0 aromatic heterocycles. The minimum atomic E-state index is -4.05. The molecule has 7 amide bonds. The van der Waals surface area contributed by atoms with E-state index in [1.807, 2.05) is 0 Å². The Balaban J connectivity index is 1.65. The Bertz CT molecular complexity index is 2500. The van der Waals surface area contributed by atoms with Crippen LogP contribution in [0.15, 0.2) is 0 Å². The predicted molar refractivity (Wildman–Crippen MR) is 352 cm³/mol. The van der Waals surface area contributed by atoms with Crippen molar-refractivity contribution in [3.63, 3.8) is 0 Å². The molecule has 0 aromatic rings. The molecule has 578 valence electrons.